The van der Waals surface area contributed by atoms with E-state index in [1.54, 1.807) is 23.0 Å². The third kappa shape index (κ3) is 3.66. The Kier molecular flexibility index (Phi) is 4.87. The molecule has 0 amide bonds. The van der Waals surface area contributed by atoms with Gasteiger partial charge in [-0.1, -0.05) is 19.1 Å². The number of benzene rings is 1. The number of nitrogens with one attached hydrogen (secondary N) is 1. The van der Waals surface area contributed by atoms with E-state index in [2.05, 4.69) is 10.3 Å². The van der Waals surface area contributed by atoms with Gasteiger partial charge in [0.25, 0.3) is 5.56 Å². The fourth-order valence-corrected chi connectivity index (χ4v) is 2.00. The second-order valence-corrected chi connectivity index (χ2v) is 4.58. The highest BCUT2D eigenvalue weighted by molar-refractivity contribution is 5.31. The van der Waals surface area contributed by atoms with Crippen LogP contribution in [0.3, 0.4) is 0 Å². The van der Waals surface area contributed by atoms with E-state index in [1.807, 2.05) is 13.0 Å². The molecule has 0 spiro atoms. The van der Waals surface area contributed by atoms with Crippen LogP contribution in [-0.2, 0) is 13.0 Å². The fourth-order valence-electron chi connectivity index (χ4n) is 2.00. The molecule has 1 N–H and O–H groups in total. The van der Waals surface area contributed by atoms with Crippen LogP contribution in [0.25, 0.3) is 0 Å². The molecule has 0 saturated heterocycles. The van der Waals surface area contributed by atoms with Crippen molar-refractivity contribution in [3.05, 3.63) is 58.4 Å². The molecular weight excluding hydrogens is 257 g/mol. The van der Waals surface area contributed by atoms with Crippen molar-refractivity contribution in [1.29, 1.82) is 0 Å². The van der Waals surface area contributed by atoms with E-state index in [0.717, 1.165) is 12.0 Å². The van der Waals surface area contributed by atoms with Gasteiger partial charge >= 0.3 is 0 Å². The minimum Gasteiger partial charge on any atom is -0.365 e. The predicted octanol–water partition coefficient (Wildman–Crippen LogP) is 2.45. The van der Waals surface area contributed by atoms with Gasteiger partial charge in [0.05, 0.1) is 0 Å². The average molecular weight is 275 g/mol. The minimum atomic E-state index is -0.245. The quantitative estimate of drug-likeness (QED) is 0.881. The van der Waals surface area contributed by atoms with Crippen LogP contribution in [0.2, 0.25) is 0 Å². The van der Waals surface area contributed by atoms with Crippen LogP contribution in [-0.4, -0.2) is 16.1 Å². The van der Waals surface area contributed by atoms with Crippen molar-refractivity contribution in [2.75, 3.05) is 11.9 Å². The van der Waals surface area contributed by atoms with Gasteiger partial charge in [-0.3, -0.25) is 4.79 Å². The number of anilines is 1. The van der Waals surface area contributed by atoms with Crippen molar-refractivity contribution in [1.82, 2.24) is 9.55 Å². The maximum Gasteiger partial charge on any atom is 0.293 e. The molecule has 2 aromatic rings. The van der Waals surface area contributed by atoms with Crippen LogP contribution >= 0.6 is 0 Å². The first kappa shape index (κ1) is 14.2. The lowest BCUT2D eigenvalue weighted by Crippen LogP contribution is -2.25. The molecule has 20 heavy (non-hydrogen) atoms. The third-order valence-electron chi connectivity index (χ3n) is 2.97. The molecule has 0 aliphatic heterocycles. The Bertz CT molecular complexity index is 625. The van der Waals surface area contributed by atoms with Crippen LogP contribution in [0.4, 0.5) is 10.2 Å². The highest BCUT2D eigenvalue weighted by Crippen LogP contribution is 2.04. The van der Waals surface area contributed by atoms with Crippen LogP contribution in [0.1, 0.15) is 18.9 Å². The van der Waals surface area contributed by atoms with Crippen molar-refractivity contribution < 1.29 is 4.39 Å². The zero-order valence-corrected chi connectivity index (χ0v) is 11.5. The monoisotopic (exact) mass is 275 g/mol. The Balaban J connectivity index is 1.97. The second kappa shape index (κ2) is 6.84. The van der Waals surface area contributed by atoms with Crippen molar-refractivity contribution in [2.45, 2.75) is 26.3 Å². The molecule has 0 fully saturated rings. The van der Waals surface area contributed by atoms with Crippen LogP contribution in [0, 0.1) is 5.82 Å². The summed E-state index contributed by atoms with van der Waals surface area (Å²) in [6.07, 6.45) is 4.83. The van der Waals surface area contributed by atoms with Crippen molar-refractivity contribution in [3.8, 4) is 0 Å². The summed E-state index contributed by atoms with van der Waals surface area (Å²) in [5.41, 5.74) is 0.774. The summed E-state index contributed by atoms with van der Waals surface area (Å²) in [6, 6.07) is 6.45. The molecule has 0 atom stereocenters. The van der Waals surface area contributed by atoms with Crippen molar-refractivity contribution in [3.63, 3.8) is 0 Å². The van der Waals surface area contributed by atoms with Gasteiger partial charge in [-0.2, -0.15) is 0 Å². The molecular formula is C15H18FN3O. The van der Waals surface area contributed by atoms with Crippen molar-refractivity contribution in [2.24, 2.45) is 0 Å². The van der Waals surface area contributed by atoms with E-state index in [-0.39, 0.29) is 11.4 Å². The van der Waals surface area contributed by atoms with Gasteiger partial charge in [0, 0.05) is 25.5 Å². The minimum absolute atomic E-state index is 0.117. The Labute approximate surface area is 117 Å². The first-order valence-corrected chi connectivity index (χ1v) is 6.74. The van der Waals surface area contributed by atoms with Gasteiger partial charge in [0.2, 0.25) is 0 Å². The number of hydrogen-bond acceptors (Lipinski definition) is 3. The average Bonchev–Trinajstić information content (AvgIpc) is 2.43. The fraction of sp³-hybridized carbons (Fsp3) is 0.333. The molecule has 1 aromatic carbocycles. The van der Waals surface area contributed by atoms with Crippen LogP contribution in [0.5, 0.6) is 0 Å². The highest BCUT2D eigenvalue weighted by atomic mass is 19.1. The van der Waals surface area contributed by atoms with Gasteiger partial charge < -0.3 is 9.88 Å². The number of rotatable bonds is 6. The Morgan fingerprint density at radius 1 is 1.40 bits per heavy atom. The summed E-state index contributed by atoms with van der Waals surface area (Å²) in [5, 5.41) is 3.01. The lowest BCUT2D eigenvalue weighted by molar-refractivity contribution is 0.625. The van der Waals surface area contributed by atoms with E-state index in [9.17, 15) is 9.18 Å². The molecule has 0 aliphatic carbocycles. The number of aryl methyl sites for hydroxylation is 1. The van der Waals surface area contributed by atoms with Gasteiger partial charge in [-0.05, 0) is 30.5 Å². The summed E-state index contributed by atoms with van der Waals surface area (Å²) in [6.45, 7) is 3.24. The van der Waals surface area contributed by atoms with Crippen LogP contribution in [0.15, 0.2) is 41.5 Å². The van der Waals surface area contributed by atoms with E-state index >= 15 is 0 Å². The van der Waals surface area contributed by atoms with E-state index < -0.39 is 0 Å². The molecule has 4 nitrogen and oxygen atoms in total. The van der Waals surface area contributed by atoms with Gasteiger partial charge in [0.1, 0.15) is 5.82 Å². The third-order valence-corrected chi connectivity index (χ3v) is 2.97. The van der Waals surface area contributed by atoms with E-state index in [1.165, 1.54) is 12.1 Å². The van der Waals surface area contributed by atoms with Gasteiger partial charge in [0.15, 0.2) is 5.82 Å². The molecule has 5 heteroatoms. The largest absolute Gasteiger partial charge is 0.365 e. The van der Waals surface area contributed by atoms with Crippen molar-refractivity contribution >= 4 is 5.82 Å². The Morgan fingerprint density at radius 2 is 2.25 bits per heavy atom. The standard InChI is InChI=1S/C15H18FN3O/c1-2-9-19-10-8-18-14(15(19)20)17-7-6-12-4-3-5-13(16)11-12/h3-5,8,10-11H,2,6-7,9H2,1H3,(H,17,18). The van der Waals surface area contributed by atoms with E-state index in [4.69, 9.17) is 0 Å². The zero-order valence-electron chi connectivity index (χ0n) is 11.5. The Morgan fingerprint density at radius 3 is 3.00 bits per heavy atom. The topological polar surface area (TPSA) is 46.9 Å². The van der Waals surface area contributed by atoms with Crippen LogP contribution < -0.4 is 10.9 Å². The molecule has 1 heterocycles. The normalized spacial score (nSPS) is 10.5. The summed E-state index contributed by atoms with van der Waals surface area (Å²) >= 11 is 0. The summed E-state index contributed by atoms with van der Waals surface area (Å²) in [4.78, 5) is 16.1. The Hall–Kier alpha value is -2.17. The lowest BCUT2D eigenvalue weighted by Gasteiger charge is -2.08. The molecule has 0 saturated carbocycles. The highest BCUT2D eigenvalue weighted by Gasteiger charge is 2.03. The molecule has 0 aliphatic rings. The number of aromatic nitrogens is 2. The molecule has 0 radical (unpaired) electrons. The molecule has 0 unspecified atom stereocenters. The van der Waals surface area contributed by atoms with Gasteiger partial charge in [-0.25, -0.2) is 9.37 Å². The lowest BCUT2D eigenvalue weighted by atomic mass is 10.1. The summed E-state index contributed by atoms with van der Waals surface area (Å²) in [5.74, 6) is 0.1000. The molecule has 0 bridgehead atoms. The first-order chi connectivity index (χ1) is 9.70. The first-order valence-electron chi connectivity index (χ1n) is 6.74. The number of halogens is 1. The van der Waals surface area contributed by atoms with Gasteiger partial charge in [-0.15, -0.1) is 0 Å². The predicted molar refractivity (Wildman–Crippen MR) is 77.4 cm³/mol. The summed E-state index contributed by atoms with van der Waals surface area (Å²) in [7, 11) is 0. The SMILES string of the molecule is CCCn1ccnc(NCCc2cccc(F)c2)c1=O. The zero-order chi connectivity index (χ0) is 14.4. The smallest absolute Gasteiger partial charge is 0.293 e. The molecule has 2 rings (SSSR count). The van der Waals surface area contributed by atoms with E-state index in [0.29, 0.717) is 25.3 Å². The molecule has 106 valence electrons. The maximum atomic E-state index is 13.0. The molecule has 1 aromatic heterocycles. The maximum absolute atomic E-state index is 13.0. The number of nitrogens with zero attached hydrogens (tertiary/aromatic N) is 2. The number of hydrogen-bond donors (Lipinski definition) is 1. The summed E-state index contributed by atoms with van der Waals surface area (Å²) < 4.78 is 14.7. The second-order valence-electron chi connectivity index (χ2n) is 4.58.